The number of unbranched alkanes of at least 4 members (excludes halogenated alkanes) is 1. The summed E-state index contributed by atoms with van der Waals surface area (Å²) in [5.41, 5.74) is 3.34. The van der Waals surface area contributed by atoms with Crippen molar-refractivity contribution in [3.63, 3.8) is 0 Å². The van der Waals surface area contributed by atoms with E-state index in [1.165, 1.54) is 35.2 Å². The first-order valence-electron chi connectivity index (χ1n) is 12.4. The molecule has 1 unspecified atom stereocenters. The highest BCUT2D eigenvalue weighted by molar-refractivity contribution is 6.02. The standard InChI is InChI=1S/C30H27F2N3O2/c1-2-3-17-33(30(37)22-8-6-9-24(32)19-22)20-28(36)35-26-11-5-4-10-25(26)34-18-7-12-27(34)29(35)21-13-15-23(31)16-14-21/h4-16,18-19,29H,2-3,17,20H2,1H3. The summed E-state index contributed by atoms with van der Waals surface area (Å²) in [5.74, 6) is -1.54. The van der Waals surface area contributed by atoms with Crippen LogP contribution in [-0.4, -0.2) is 34.4 Å². The number of anilines is 1. The Kier molecular flexibility index (Phi) is 6.86. The van der Waals surface area contributed by atoms with E-state index in [-0.39, 0.29) is 23.8 Å². The third-order valence-corrected chi connectivity index (χ3v) is 6.64. The maximum absolute atomic E-state index is 14.1. The number of carbonyl (C=O) groups is 2. The second-order valence-electron chi connectivity index (χ2n) is 9.10. The normalized spacial score (nSPS) is 14.1. The average molecular weight is 500 g/mol. The summed E-state index contributed by atoms with van der Waals surface area (Å²) in [6.07, 6.45) is 3.47. The fourth-order valence-corrected chi connectivity index (χ4v) is 4.87. The molecule has 2 amide bonds. The van der Waals surface area contributed by atoms with Gasteiger partial charge in [0, 0.05) is 18.3 Å². The molecule has 1 aromatic heterocycles. The van der Waals surface area contributed by atoms with Crippen LogP contribution in [0.25, 0.3) is 5.69 Å². The Morgan fingerprint density at radius 3 is 2.35 bits per heavy atom. The number of fused-ring (bicyclic) bond motifs is 3. The van der Waals surface area contributed by atoms with Gasteiger partial charge in [0.15, 0.2) is 0 Å². The maximum atomic E-state index is 14.1. The van der Waals surface area contributed by atoms with Gasteiger partial charge in [0.2, 0.25) is 5.91 Å². The Labute approximate surface area is 214 Å². The van der Waals surface area contributed by atoms with Crippen molar-refractivity contribution >= 4 is 17.5 Å². The van der Waals surface area contributed by atoms with Crippen LogP contribution in [0.2, 0.25) is 0 Å². The predicted molar refractivity (Wildman–Crippen MR) is 139 cm³/mol. The Balaban J connectivity index is 1.55. The van der Waals surface area contributed by atoms with Crippen LogP contribution >= 0.6 is 0 Å². The Bertz CT molecular complexity index is 1430. The van der Waals surface area contributed by atoms with Crippen LogP contribution in [0.15, 0.2) is 91.1 Å². The smallest absolute Gasteiger partial charge is 0.254 e. The molecule has 4 aromatic rings. The third kappa shape index (κ3) is 4.77. The van der Waals surface area contributed by atoms with E-state index in [2.05, 4.69) is 0 Å². The summed E-state index contributed by atoms with van der Waals surface area (Å²) in [4.78, 5) is 30.6. The fourth-order valence-electron chi connectivity index (χ4n) is 4.87. The molecular formula is C30H27F2N3O2. The first kappa shape index (κ1) is 24.4. The van der Waals surface area contributed by atoms with E-state index in [1.54, 1.807) is 23.1 Å². The van der Waals surface area contributed by atoms with Crippen molar-refractivity contribution in [1.29, 1.82) is 0 Å². The number of aromatic nitrogens is 1. The van der Waals surface area contributed by atoms with Crippen LogP contribution < -0.4 is 4.90 Å². The van der Waals surface area contributed by atoms with Crippen LogP contribution in [-0.2, 0) is 4.79 Å². The number of nitrogens with zero attached hydrogens (tertiary/aromatic N) is 3. The van der Waals surface area contributed by atoms with Crippen molar-refractivity contribution < 1.29 is 18.4 Å². The number of hydrogen-bond donors (Lipinski definition) is 0. The molecule has 7 heteroatoms. The SMILES string of the molecule is CCCCN(CC(=O)N1c2ccccc2-n2cccc2C1c1ccc(F)cc1)C(=O)c1cccc(F)c1. The highest BCUT2D eigenvalue weighted by Crippen LogP contribution is 2.42. The molecule has 0 saturated carbocycles. The van der Waals surface area contributed by atoms with E-state index in [0.717, 1.165) is 23.4 Å². The number of amides is 2. The Morgan fingerprint density at radius 2 is 1.62 bits per heavy atom. The number of benzene rings is 3. The second kappa shape index (κ2) is 10.4. The molecule has 0 saturated heterocycles. The van der Waals surface area contributed by atoms with Crippen LogP contribution in [0, 0.1) is 11.6 Å². The molecule has 0 fully saturated rings. The molecule has 0 aliphatic carbocycles. The van der Waals surface area contributed by atoms with Gasteiger partial charge >= 0.3 is 0 Å². The van der Waals surface area contributed by atoms with E-state index in [9.17, 15) is 18.4 Å². The lowest BCUT2D eigenvalue weighted by molar-refractivity contribution is -0.119. The molecular weight excluding hydrogens is 472 g/mol. The average Bonchev–Trinajstić information content (AvgIpc) is 3.40. The lowest BCUT2D eigenvalue weighted by Crippen LogP contribution is -2.47. The second-order valence-corrected chi connectivity index (χ2v) is 9.10. The topological polar surface area (TPSA) is 45.6 Å². The van der Waals surface area contributed by atoms with Gasteiger partial charge in [-0.15, -0.1) is 0 Å². The van der Waals surface area contributed by atoms with Crippen LogP contribution in [0.4, 0.5) is 14.5 Å². The lowest BCUT2D eigenvalue weighted by Gasteiger charge is -2.39. The summed E-state index contributed by atoms with van der Waals surface area (Å²) in [6, 6.07) is 22.6. The Hall–Kier alpha value is -4.26. The lowest BCUT2D eigenvalue weighted by atomic mass is 9.97. The number of halogens is 2. The van der Waals surface area contributed by atoms with E-state index < -0.39 is 17.8 Å². The van der Waals surface area contributed by atoms with E-state index in [0.29, 0.717) is 18.7 Å². The molecule has 2 heterocycles. The van der Waals surface area contributed by atoms with Crippen molar-refractivity contribution in [2.24, 2.45) is 0 Å². The van der Waals surface area contributed by atoms with Gasteiger partial charge in [0.05, 0.1) is 17.1 Å². The molecule has 5 nitrogen and oxygen atoms in total. The van der Waals surface area contributed by atoms with Crippen molar-refractivity contribution in [3.05, 3.63) is 120 Å². The first-order chi connectivity index (χ1) is 18.0. The van der Waals surface area contributed by atoms with Crippen molar-refractivity contribution in [2.45, 2.75) is 25.8 Å². The summed E-state index contributed by atoms with van der Waals surface area (Å²) in [7, 11) is 0. The zero-order valence-electron chi connectivity index (χ0n) is 20.5. The number of carbonyl (C=O) groups excluding carboxylic acids is 2. The summed E-state index contributed by atoms with van der Waals surface area (Å²) < 4.78 is 29.7. The van der Waals surface area contributed by atoms with E-state index in [4.69, 9.17) is 0 Å². The van der Waals surface area contributed by atoms with Crippen molar-refractivity contribution in [2.75, 3.05) is 18.0 Å². The molecule has 5 rings (SSSR count). The molecule has 0 bridgehead atoms. The molecule has 0 spiro atoms. The van der Waals surface area contributed by atoms with E-state index in [1.807, 2.05) is 54.1 Å². The highest BCUT2D eigenvalue weighted by atomic mass is 19.1. The molecule has 37 heavy (non-hydrogen) atoms. The molecule has 1 aliphatic heterocycles. The molecule has 0 radical (unpaired) electrons. The van der Waals surface area contributed by atoms with Crippen LogP contribution in [0.5, 0.6) is 0 Å². The monoisotopic (exact) mass is 499 g/mol. The van der Waals surface area contributed by atoms with Gasteiger partial charge in [-0.1, -0.05) is 43.7 Å². The number of hydrogen-bond acceptors (Lipinski definition) is 2. The maximum Gasteiger partial charge on any atom is 0.254 e. The number of rotatable bonds is 7. The van der Waals surface area contributed by atoms with Crippen molar-refractivity contribution in [3.8, 4) is 5.69 Å². The number of para-hydroxylation sites is 2. The van der Waals surface area contributed by atoms with Gasteiger partial charge in [-0.25, -0.2) is 8.78 Å². The summed E-state index contributed by atoms with van der Waals surface area (Å²) in [5, 5.41) is 0. The minimum atomic E-state index is -0.518. The zero-order chi connectivity index (χ0) is 25.9. The summed E-state index contributed by atoms with van der Waals surface area (Å²) in [6.45, 7) is 2.19. The van der Waals surface area contributed by atoms with Gasteiger partial charge < -0.3 is 9.47 Å². The van der Waals surface area contributed by atoms with Gasteiger partial charge in [-0.05, 0) is 66.6 Å². The molecule has 188 valence electrons. The van der Waals surface area contributed by atoms with Crippen molar-refractivity contribution in [1.82, 2.24) is 9.47 Å². The zero-order valence-corrected chi connectivity index (χ0v) is 20.5. The minimum absolute atomic E-state index is 0.178. The fraction of sp³-hybridized carbons (Fsp3) is 0.200. The largest absolute Gasteiger partial charge is 0.329 e. The predicted octanol–water partition coefficient (Wildman–Crippen LogP) is 6.13. The van der Waals surface area contributed by atoms with Gasteiger partial charge in [-0.2, -0.15) is 0 Å². The van der Waals surface area contributed by atoms with Crippen LogP contribution in [0.1, 0.15) is 47.4 Å². The van der Waals surface area contributed by atoms with Gasteiger partial charge in [-0.3, -0.25) is 14.5 Å². The first-order valence-corrected chi connectivity index (χ1v) is 12.4. The molecule has 0 N–H and O–H groups in total. The van der Waals surface area contributed by atoms with E-state index >= 15 is 0 Å². The van der Waals surface area contributed by atoms with Gasteiger partial charge in [0.1, 0.15) is 24.2 Å². The van der Waals surface area contributed by atoms with Gasteiger partial charge in [0.25, 0.3) is 5.91 Å². The summed E-state index contributed by atoms with van der Waals surface area (Å²) >= 11 is 0. The Morgan fingerprint density at radius 1 is 0.865 bits per heavy atom. The third-order valence-electron chi connectivity index (χ3n) is 6.64. The minimum Gasteiger partial charge on any atom is -0.329 e. The molecule has 3 aromatic carbocycles. The quantitative estimate of drug-likeness (QED) is 0.307. The van der Waals surface area contributed by atoms with Crippen LogP contribution in [0.3, 0.4) is 0 Å². The molecule has 1 atom stereocenters. The highest BCUT2D eigenvalue weighted by Gasteiger charge is 2.37. The molecule has 1 aliphatic rings.